The van der Waals surface area contributed by atoms with Crippen molar-refractivity contribution in [2.24, 2.45) is 0 Å². The van der Waals surface area contributed by atoms with E-state index < -0.39 is 6.04 Å². The lowest BCUT2D eigenvalue weighted by molar-refractivity contribution is -0.885. The Hall–Kier alpha value is -4.15. The van der Waals surface area contributed by atoms with Crippen molar-refractivity contribution in [2.45, 2.75) is 64.5 Å². The second kappa shape index (κ2) is 15.0. The Labute approximate surface area is 259 Å². The largest absolute Gasteiger partial charge is 0.380 e. The Morgan fingerprint density at radius 2 is 2.00 bits per heavy atom. The van der Waals surface area contributed by atoms with Gasteiger partial charge in [0.1, 0.15) is 11.9 Å². The lowest BCUT2D eigenvalue weighted by atomic mass is 10.1. The van der Waals surface area contributed by atoms with Crippen molar-refractivity contribution in [2.75, 3.05) is 43.9 Å². The summed E-state index contributed by atoms with van der Waals surface area (Å²) >= 11 is 0. The number of carbonyl (C=O) groups is 1. The van der Waals surface area contributed by atoms with E-state index in [0.717, 1.165) is 73.4 Å². The minimum atomic E-state index is -0.506. The molecule has 1 aromatic carbocycles. The van der Waals surface area contributed by atoms with Crippen LogP contribution in [0.5, 0.6) is 0 Å². The molecule has 1 aliphatic heterocycles. The molecule has 0 saturated carbocycles. The highest BCUT2D eigenvalue weighted by Crippen LogP contribution is 2.24. The summed E-state index contributed by atoms with van der Waals surface area (Å²) in [5, 5.41) is 18.8. The number of methoxy groups -OCH3 is 1. The Balaban J connectivity index is 1.26. The molecule has 0 spiro atoms. The van der Waals surface area contributed by atoms with Crippen molar-refractivity contribution in [1.82, 2.24) is 19.9 Å². The van der Waals surface area contributed by atoms with Crippen LogP contribution in [0.4, 0.5) is 11.6 Å². The number of pyridine rings is 2. The summed E-state index contributed by atoms with van der Waals surface area (Å²) in [5.74, 6) is 1.83. The number of anilines is 2. The number of aromatic nitrogens is 4. The van der Waals surface area contributed by atoms with Gasteiger partial charge in [-0.1, -0.05) is 27.9 Å². The zero-order valence-electron chi connectivity index (χ0n) is 26.0. The quantitative estimate of drug-likeness (QED) is 0.102. The predicted molar refractivity (Wildman–Crippen MR) is 172 cm³/mol. The van der Waals surface area contributed by atoms with Gasteiger partial charge in [-0.15, -0.1) is 0 Å². The maximum atomic E-state index is 12.9. The normalized spacial score (nSPS) is 14.2. The van der Waals surface area contributed by atoms with Gasteiger partial charge < -0.3 is 20.2 Å². The van der Waals surface area contributed by atoms with Crippen LogP contribution in [-0.4, -0.2) is 76.3 Å². The second-order valence-corrected chi connectivity index (χ2v) is 11.6. The first-order valence-electron chi connectivity index (χ1n) is 15.6. The number of Topliss-reactive ketones (excluding diaryl/α,β-unsaturated/α-hetero) is 1. The van der Waals surface area contributed by atoms with E-state index in [2.05, 4.69) is 44.6 Å². The maximum absolute atomic E-state index is 12.9. The highest BCUT2D eigenvalue weighted by atomic mass is 16.5. The number of nitrogens with zero attached hydrogens (tertiary/aromatic N) is 5. The molecule has 1 aliphatic rings. The van der Waals surface area contributed by atoms with E-state index in [4.69, 9.17) is 9.72 Å². The summed E-state index contributed by atoms with van der Waals surface area (Å²) < 4.78 is 6.62. The van der Waals surface area contributed by atoms with Crippen LogP contribution in [-0.2, 0) is 22.4 Å². The van der Waals surface area contributed by atoms with E-state index in [1.807, 2.05) is 30.3 Å². The van der Waals surface area contributed by atoms with Crippen molar-refractivity contribution in [3.63, 3.8) is 0 Å². The molecule has 5 rings (SSSR count). The number of carbonyl (C=O) groups excluding carboxylic acids is 1. The molecule has 0 aliphatic carbocycles. The third-order valence-electron chi connectivity index (χ3n) is 8.28. The van der Waals surface area contributed by atoms with Gasteiger partial charge in [0, 0.05) is 51.3 Å². The van der Waals surface area contributed by atoms with E-state index in [0.29, 0.717) is 35.7 Å². The molecule has 10 heteroatoms. The first kappa shape index (κ1) is 31.3. The summed E-state index contributed by atoms with van der Waals surface area (Å²) in [7, 11) is 1.73. The lowest BCUT2D eigenvalue weighted by Gasteiger charge is -2.26. The molecule has 44 heavy (non-hydrogen) atoms. The molecule has 0 amide bonds. The Bertz CT molecular complexity index is 1550. The molecule has 4 heterocycles. The molecule has 0 saturated heterocycles. The van der Waals surface area contributed by atoms with Gasteiger partial charge >= 0.3 is 5.82 Å². The summed E-state index contributed by atoms with van der Waals surface area (Å²) in [6.45, 7) is 7.02. The maximum Gasteiger partial charge on any atom is 0.309 e. The molecule has 0 unspecified atom stereocenters. The Morgan fingerprint density at radius 3 is 2.80 bits per heavy atom. The van der Waals surface area contributed by atoms with Gasteiger partial charge in [-0.2, -0.15) is 0 Å². The number of ketones is 1. The average molecular weight is 599 g/mol. The Morgan fingerprint density at radius 1 is 1.14 bits per heavy atom. The SMILES string of the molecule is CO[C@H](C)CN(CCCCc1ccc2c(n1)NCCC2)CC[C@H](Nc1c2ccccc2nc(-c2cccnc2)[n+]1O)C(C)=O. The summed E-state index contributed by atoms with van der Waals surface area (Å²) in [5.41, 5.74) is 3.82. The minimum Gasteiger partial charge on any atom is -0.380 e. The van der Waals surface area contributed by atoms with Crippen LogP contribution >= 0.6 is 0 Å². The number of aryl methyl sites for hydroxylation is 2. The molecule has 2 atom stereocenters. The average Bonchev–Trinajstić information content (AvgIpc) is 3.05. The van der Waals surface area contributed by atoms with Crippen LogP contribution in [0.3, 0.4) is 0 Å². The van der Waals surface area contributed by atoms with E-state index in [1.165, 1.54) is 5.56 Å². The standard InChI is InChI=1S/C34H43N7O3/c1-24(44-3)23-40(20-7-6-12-28-16-15-26-10-9-19-36-32(26)37-28)21-17-30(25(2)42)38-34-29-13-4-5-14-31(29)39-33(41(34)43)27-11-8-18-35-22-27/h4-5,8,11,13-16,18,22,24,30,43H,6-7,9-10,12,17,19-21,23H2,1-3H3,(H,36,37)/p+1/t24-,30+/m1/s1. The van der Waals surface area contributed by atoms with Gasteiger partial charge in [-0.05, 0) is 88.4 Å². The zero-order valence-corrected chi connectivity index (χ0v) is 26.0. The van der Waals surface area contributed by atoms with Crippen molar-refractivity contribution in [3.05, 3.63) is 72.2 Å². The van der Waals surface area contributed by atoms with E-state index in [-0.39, 0.29) is 11.9 Å². The molecule has 3 N–H and O–H groups in total. The van der Waals surface area contributed by atoms with Crippen LogP contribution in [0.1, 0.15) is 50.8 Å². The number of rotatable bonds is 15. The molecule has 0 bridgehead atoms. The highest BCUT2D eigenvalue weighted by Gasteiger charge is 2.27. The summed E-state index contributed by atoms with van der Waals surface area (Å²) in [6.07, 6.45) is 9.21. The van der Waals surface area contributed by atoms with Crippen LogP contribution in [0.25, 0.3) is 22.3 Å². The van der Waals surface area contributed by atoms with Gasteiger partial charge in [0.25, 0.3) is 5.82 Å². The van der Waals surface area contributed by atoms with Crippen molar-refractivity contribution < 1.29 is 19.5 Å². The Kier molecular flexibility index (Phi) is 10.7. The topological polar surface area (TPSA) is 116 Å². The van der Waals surface area contributed by atoms with Crippen molar-refractivity contribution in [1.29, 1.82) is 0 Å². The number of unbranched alkanes of at least 4 members (excludes halogenated alkanes) is 1. The first-order chi connectivity index (χ1) is 21.4. The number of benzene rings is 1. The third kappa shape index (κ3) is 7.86. The monoisotopic (exact) mass is 598 g/mol. The minimum absolute atomic E-state index is 0.000606. The third-order valence-corrected chi connectivity index (χ3v) is 8.28. The van der Waals surface area contributed by atoms with Crippen LogP contribution < -0.4 is 15.4 Å². The second-order valence-electron chi connectivity index (χ2n) is 11.6. The van der Waals surface area contributed by atoms with Crippen LogP contribution in [0.15, 0.2) is 60.9 Å². The van der Waals surface area contributed by atoms with Gasteiger partial charge in [-0.25, -0.2) is 4.98 Å². The predicted octanol–water partition coefficient (Wildman–Crippen LogP) is 4.69. The number of hydrogen-bond acceptors (Lipinski definition) is 9. The van der Waals surface area contributed by atoms with Crippen LogP contribution in [0, 0.1) is 0 Å². The molecule has 0 fully saturated rings. The van der Waals surface area contributed by atoms with Crippen LogP contribution in [0.2, 0.25) is 0 Å². The van der Waals surface area contributed by atoms with Gasteiger partial charge in [-0.3, -0.25) is 15.1 Å². The molecule has 232 valence electrons. The fraction of sp³-hybridized carbons (Fsp3) is 0.441. The smallest absolute Gasteiger partial charge is 0.309 e. The number of hydrogen-bond donors (Lipinski definition) is 3. The summed E-state index contributed by atoms with van der Waals surface area (Å²) in [4.78, 5) is 29.0. The van der Waals surface area contributed by atoms with E-state index in [1.54, 1.807) is 32.5 Å². The van der Waals surface area contributed by atoms with Gasteiger partial charge in [0.05, 0.1) is 17.1 Å². The fourth-order valence-corrected chi connectivity index (χ4v) is 5.71. The molecular weight excluding hydrogens is 554 g/mol. The van der Waals surface area contributed by atoms with Crippen molar-refractivity contribution in [3.8, 4) is 11.4 Å². The van der Waals surface area contributed by atoms with Gasteiger partial charge in [0.15, 0.2) is 11.3 Å². The zero-order chi connectivity index (χ0) is 30.9. The van der Waals surface area contributed by atoms with Crippen molar-refractivity contribution >= 4 is 28.3 Å². The number of nitrogens with one attached hydrogen (secondary N) is 2. The van der Waals surface area contributed by atoms with Gasteiger partial charge in [0.2, 0.25) is 0 Å². The number of fused-ring (bicyclic) bond motifs is 2. The number of para-hydroxylation sites is 1. The van der Waals surface area contributed by atoms with E-state index in [9.17, 15) is 10.0 Å². The lowest BCUT2D eigenvalue weighted by Crippen LogP contribution is -2.43. The molecule has 0 radical (unpaired) electrons. The fourth-order valence-electron chi connectivity index (χ4n) is 5.71. The molecule has 10 nitrogen and oxygen atoms in total. The summed E-state index contributed by atoms with van der Waals surface area (Å²) in [6, 6.07) is 15.1. The highest BCUT2D eigenvalue weighted by molar-refractivity contribution is 5.91. The molecular formula is C34H44N7O3+. The number of ether oxygens (including phenoxy) is 1. The molecule has 4 aromatic rings. The molecule has 3 aromatic heterocycles. The van der Waals surface area contributed by atoms with E-state index >= 15 is 0 Å². The first-order valence-corrected chi connectivity index (χ1v) is 15.6.